The second-order valence-corrected chi connectivity index (χ2v) is 6.83. The van der Waals surface area contributed by atoms with Crippen molar-refractivity contribution in [3.05, 3.63) is 71.8 Å². The molecule has 0 saturated carbocycles. The number of ketones is 1. The molecule has 1 aliphatic rings. The van der Waals surface area contributed by atoms with Gasteiger partial charge in [0.05, 0.1) is 5.92 Å². The number of rotatable bonds is 5. The standard InChI is InChI=1S/C19H21NOS/c21-19(17-9-5-2-6-10-17)18(16-7-3-1-4-8-16)15-20-11-13-22-14-12-20/h1-10,18H,11-15H2. The number of hydrogen-bond donors (Lipinski definition) is 0. The topological polar surface area (TPSA) is 20.3 Å². The van der Waals surface area contributed by atoms with Gasteiger partial charge in [-0.2, -0.15) is 11.8 Å². The molecular weight excluding hydrogens is 290 g/mol. The molecule has 2 aromatic rings. The van der Waals surface area contributed by atoms with Crippen LogP contribution < -0.4 is 0 Å². The van der Waals surface area contributed by atoms with Crippen molar-refractivity contribution in [3.63, 3.8) is 0 Å². The smallest absolute Gasteiger partial charge is 0.171 e. The Kier molecular flexibility index (Phi) is 5.30. The number of Topliss-reactive ketones (excluding diaryl/α,β-unsaturated/α-hetero) is 1. The monoisotopic (exact) mass is 311 g/mol. The Morgan fingerprint density at radius 3 is 2.18 bits per heavy atom. The Morgan fingerprint density at radius 2 is 1.55 bits per heavy atom. The predicted octanol–water partition coefficient (Wildman–Crippen LogP) is 3.70. The van der Waals surface area contributed by atoms with Gasteiger partial charge in [-0.05, 0) is 5.56 Å². The fraction of sp³-hybridized carbons (Fsp3) is 0.316. The van der Waals surface area contributed by atoms with Gasteiger partial charge in [-0.1, -0.05) is 60.7 Å². The SMILES string of the molecule is O=C(c1ccccc1)C(CN1CCSCC1)c1ccccc1. The maximum absolute atomic E-state index is 13.0. The van der Waals surface area contributed by atoms with Crippen LogP contribution in [0.5, 0.6) is 0 Å². The van der Waals surface area contributed by atoms with Gasteiger partial charge >= 0.3 is 0 Å². The van der Waals surface area contributed by atoms with Crippen LogP contribution in [0, 0.1) is 0 Å². The van der Waals surface area contributed by atoms with Crippen molar-refractivity contribution in [1.82, 2.24) is 4.90 Å². The van der Waals surface area contributed by atoms with E-state index in [2.05, 4.69) is 17.0 Å². The summed E-state index contributed by atoms with van der Waals surface area (Å²) in [6.07, 6.45) is 0. The van der Waals surface area contributed by atoms with Crippen LogP contribution in [0.4, 0.5) is 0 Å². The van der Waals surface area contributed by atoms with E-state index in [1.165, 1.54) is 11.5 Å². The Morgan fingerprint density at radius 1 is 0.955 bits per heavy atom. The van der Waals surface area contributed by atoms with E-state index >= 15 is 0 Å². The Labute approximate surface area is 136 Å². The minimum atomic E-state index is -0.0771. The first-order valence-electron chi connectivity index (χ1n) is 7.79. The first kappa shape index (κ1) is 15.3. The van der Waals surface area contributed by atoms with Gasteiger partial charge in [0, 0.05) is 36.7 Å². The lowest BCUT2D eigenvalue weighted by atomic mass is 9.90. The average molecular weight is 311 g/mol. The molecule has 1 atom stereocenters. The number of benzene rings is 2. The van der Waals surface area contributed by atoms with Crippen LogP contribution in [0.2, 0.25) is 0 Å². The van der Waals surface area contributed by atoms with E-state index in [9.17, 15) is 4.79 Å². The summed E-state index contributed by atoms with van der Waals surface area (Å²) < 4.78 is 0. The largest absolute Gasteiger partial charge is 0.301 e. The van der Waals surface area contributed by atoms with Gasteiger partial charge in [-0.15, -0.1) is 0 Å². The fourth-order valence-corrected chi connectivity index (χ4v) is 3.85. The van der Waals surface area contributed by atoms with Crippen molar-refractivity contribution in [2.45, 2.75) is 5.92 Å². The van der Waals surface area contributed by atoms with Crippen molar-refractivity contribution in [3.8, 4) is 0 Å². The highest BCUT2D eigenvalue weighted by Gasteiger charge is 2.25. The van der Waals surface area contributed by atoms with Crippen LogP contribution in [0.15, 0.2) is 60.7 Å². The van der Waals surface area contributed by atoms with Gasteiger partial charge in [0.25, 0.3) is 0 Å². The second kappa shape index (κ2) is 7.61. The van der Waals surface area contributed by atoms with Crippen LogP contribution in [0.3, 0.4) is 0 Å². The summed E-state index contributed by atoms with van der Waals surface area (Å²) in [4.78, 5) is 15.4. The third-order valence-corrected chi connectivity index (χ3v) is 5.06. The van der Waals surface area contributed by atoms with E-state index < -0.39 is 0 Å². The summed E-state index contributed by atoms with van der Waals surface area (Å²) in [6, 6.07) is 19.9. The van der Waals surface area contributed by atoms with Gasteiger partial charge in [0.1, 0.15) is 0 Å². The predicted molar refractivity (Wildman–Crippen MR) is 93.7 cm³/mol. The number of hydrogen-bond acceptors (Lipinski definition) is 3. The lowest BCUT2D eigenvalue weighted by Crippen LogP contribution is -2.37. The molecule has 1 aliphatic heterocycles. The zero-order valence-corrected chi connectivity index (χ0v) is 13.5. The average Bonchev–Trinajstić information content (AvgIpc) is 2.61. The highest BCUT2D eigenvalue weighted by Crippen LogP contribution is 2.23. The molecule has 0 aromatic heterocycles. The van der Waals surface area contributed by atoms with E-state index in [1.807, 2.05) is 60.3 Å². The lowest BCUT2D eigenvalue weighted by Gasteiger charge is -2.30. The summed E-state index contributed by atoms with van der Waals surface area (Å²) in [5, 5.41) is 0. The van der Waals surface area contributed by atoms with Gasteiger partial charge in [0.2, 0.25) is 0 Å². The highest BCUT2D eigenvalue weighted by atomic mass is 32.2. The quantitative estimate of drug-likeness (QED) is 0.785. The molecule has 0 N–H and O–H groups in total. The molecule has 0 amide bonds. The third kappa shape index (κ3) is 3.79. The number of carbonyl (C=O) groups is 1. The molecule has 0 bridgehead atoms. The highest BCUT2D eigenvalue weighted by molar-refractivity contribution is 7.99. The fourth-order valence-electron chi connectivity index (χ4n) is 2.87. The first-order chi connectivity index (χ1) is 10.8. The number of nitrogens with zero attached hydrogens (tertiary/aromatic N) is 1. The molecule has 114 valence electrons. The molecule has 22 heavy (non-hydrogen) atoms. The van der Waals surface area contributed by atoms with Crippen LogP contribution in [0.1, 0.15) is 21.8 Å². The molecule has 1 saturated heterocycles. The second-order valence-electron chi connectivity index (χ2n) is 5.61. The number of thioether (sulfide) groups is 1. The van der Waals surface area contributed by atoms with E-state index in [0.717, 1.165) is 30.8 Å². The Bertz CT molecular complexity index is 593. The van der Waals surface area contributed by atoms with E-state index in [0.29, 0.717) is 0 Å². The van der Waals surface area contributed by atoms with Crippen LogP contribution >= 0.6 is 11.8 Å². The third-order valence-electron chi connectivity index (χ3n) is 4.12. The van der Waals surface area contributed by atoms with Crippen LogP contribution in [0.25, 0.3) is 0 Å². The molecule has 1 fully saturated rings. The summed E-state index contributed by atoms with van der Waals surface area (Å²) in [5.41, 5.74) is 1.93. The maximum atomic E-state index is 13.0. The van der Waals surface area contributed by atoms with Crippen LogP contribution in [-0.2, 0) is 0 Å². The molecule has 3 rings (SSSR count). The summed E-state index contributed by atoms with van der Waals surface area (Å²) in [7, 11) is 0. The minimum Gasteiger partial charge on any atom is -0.301 e. The van der Waals surface area contributed by atoms with Crippen molar-refractivity contribution in [2.24, 2.45) is 0 Å². The van der Waals surface area contributed by atoms with E-state index in [-0.39, 0.29) is 11.7 Å². The van der Waals surface area contributed by atoms with Crippen molar-refractivity contribution in [1.29, 1.82) is 0 Å². The van der Waals surface area contributed by atoms with Gasteiger partial charge in [-0.3, -0.25) is 4.79 Å². The zero-order valence-electron chi connectivity index (χ0n) is 12.7. The lowest BCUT2D eigenvalue weighted by molar-refractivity contribution is 0.0936. The Balaban J connectivity index is 1.84. The molecule has 2 aromatic carbocycles. The molecule has 1 unspecified atom stereocenters. The molecule has 0 spiro atoms. The van der Waals surface area contributed by atoms with Crippen LogP contribution in [-0.4, -0.2) is 41.8 Å². The maximum Gasteiger partial charge on any atom is 0.171 e. The molecule has 3 heteroatoms. The summed E-state index contributed by atoms with van der Waals surface area (Å²) in [5.74, 6) is 2.49. The molecule has 0 radical (unpaired) electrons. The van der Waals surface area contributed by atoms with Crippen molar-refractivity contribution >= 4 is 17.5 Å². The summed E-state index contributed by atoms with van der Waals surface area (Å²) >= 11 is 2.00. The van der Waals surface area contributed by atoms with Crippen molar-refractivity contribution in [2.75, 3.05) is 31.1 Å². The molecule has 0 aliphatic carbocycles. The first-order valence-corrected chi connectivity index (χ1v) is 8.94. The zero-order chi connectivity index (χ0) is 15.2. The molecule has 1 heterocycles. The Hall–Kier alpha value is -1.58. The minimum absolute atomic E-state index is 0.0771. The number of carbonyl (C=O) groups excluding carboxylic acids is 1. The normalized spacial score (nSPS) is 17.1. The van der Waals surface area contributed by atoms with Crippen molar-refractivity contribution < 1.29 is 4.79 Å². The molecular formula is C19H21NOS. The molecule has 2 nitrogen and oxygen atoms in total. The van der Waals surface area contributed by atoms with Gasteiger partial charge in [0.15, 0.2) is 5.78 Å². The van der Waals surface area contributed by atoms with E-state index in [1.54, 1.807) is 0 Å². The van der Waals surface area contributed by atoms with Gasteiger partial charge in [-0.25, -0.2) is 0 Å². The summed E-state index contributed by atoms with van der Waals surface area (Å²) in [6.45, 7) is 2.98. The van der Waals surface area contributed by atoms with Gasteiger partial charge < -0.3 is 4.90 Å². The van der Waals surface area contributed by atoms with E-state index in [4.69, 9.17) is 0 Å².